The number of nitrogens with one attached hydrogen (secondary N) is 4. The molecule has 2 atom stereocenters. The average Bonchev–Trinajstić information content (AvgIpc) is 3.36. The molecular formula is C30H29Cl2FN4O5. The van der Waals surface area contributed by atoms with Crippen LogP contribution in [0.4, 0.5) is 9.18 Å². The lowest BCUT2D eigenvalue weighted by Gasteiger charge is -2.31. The first kappa shape index (κ1) is 31.0. The van der Waals surface area contributed by atoms with Crippen LogP contribution in [0.25, 0.3) is 0 Å². The molecule has 0 unspecified atom stereocenters. The van der Waals surface area contributed by atoms with E-state index in [0.717, 1.165) is 24.0 Å². The van der Waals surface area contributed by atoms with Crippen LogP contribution in [-0.4, -0.2) is 47.4 Å². The number of Topliss-reactive ketones (excluding diaryl/α,β-unsaturated/α-hetero) is 1. The van der Waals surface area contributed by atoms with Crippen LogP contribution in [0.3, 0.4) is 0 Å². The van der Waals surface area contributed by atoms with Gasteiger partial charge in [0, 0.05) is 12.1 Å². The van der Waals surface area contributed by atoms with Crippen LogP contribution in [0, 0.1) is 5.82 Å². The second-order valence-electron chi connectivity index (χ2n) is 10.00. The SMILES string of the molecule is CC(=O)[C@](CO)(CNC(=O)N[C@@H]1CCc2ccccc21)NC(=O)c1c(Cl)cc(C(=O)NCc2cccc(F)c2)cc1Cl. The molecule has 42 heavy (non-hydrogen) atoms. The molecule has 0 saturated heterocycles. The molecule has 3 aromatic rings. The maximum Gasteiger partial charge on any atom is 0.315 e. The molecule has 12 heteroatoms. The molecule has 0 saturated carbocycles. The molecule has 9 nitrogen and oxygen atoms in total. The van der Waals surface area contributed by atoms with Crippen molar-refractivity contribution in [2.45, 2.75) is 37.9 Å². The monoisotopic (exact) mass is 614 g/mol. The maximum absolute atomic E-state index is 13.4. The minimum atomic E-state index is -1.88. The van der Waals surface area contributed by atoms with E-state index in [2.05, 4.69) is 21.3 Å². The summed E-state index contributed by atoms with van der Waals surface area (Å²) in [7, 11) is 0. The van der Waals surface area contributed by atoms with E-state index in [1.165, 1.54) is 37.3 Å². The van der Waals surface area contributed by atoms with Crippen molar-refractivity contribution in [3.05, 3.63) is 104 Å². The van der Waals surface area contributed by atoms with Gasteiger partial charge < -0.3 is 26.4 Å². The first-order chi connectivity index (χ1) is 20.0. The van der Waals surface area contributed by atoms with Crippen LogP contribution < -0.4 is 21.3 Å². The molecule has 220 valence electrons. The second kappa shape index (κ2) is 13.3. The summed E-state index contributed by atoms with van der Waals surface area (Å²) in [5.74, 6) is -2.52. The van der Waals surface area contributed by atoms with Crippen molar-refractivity contribution < 1.29 is 28.7 Å². The van der Waals surface area contributed by atoms with E-state index in [4.69, 9.17) is 23.2 Å². The molecule has 0 aromatic heterocycles. The highest BCUT2D eigenvalue weighted by molar-refractivity contribution is 6.40. The summed E-state index contributed by atoms with van der Waals surface area (Å²) in [6.07, 6.45) is 1.54. The van der Waals surface area contributed by atoms with Crippen molar-refractivity contribution in [1.29, 1.82) is 0 Å². The Labute approximate surface area is 251 Å². The van der Waals surface area contributed by atoms with Gasteiger partial charge in [0.05, 0.1) is 34.8 Å². The Kier molecular flexibility index (Phi) is 9.82. The summed E-state index contributed by atoms with van der Waals surface area (Å²) < 4.78 is 13.4. The number of carbonyl (C=O) groups is 4. The van der Waals surface area contributed by atoms with Gasteiger partial charge in [-0.15, -0.1) is 0 Å². The Balaban J connectivity index is 1.42. The summed E-state index contributed by atoms with van der Waals surface area (Å²) in [6, 6.07) is 15.2. The standard InChI is InChI=1S/C30H29Cl2FN4O5/c1-17(39)30(16-38,15-35-29(42)36-25-10-9-19-6-2-3-8-22(19)25)37-28(41)26-23(31)12-20(13-24(26)32)27(40)34-14-18-5-4-7-21(33)11-18/h2-8,11-13,25,38H,9-10,14-16H2,1H3,(H,34,40)(H,37,41)(H2,35,36,42)/t25-,30-/m1/s1. The summed E-state index contributed by atoms with van der Waals surface area (Å²) in [6.45, 7) is -0.0326. The maximum atomic E-state index is 13.4. The molecule has 0 aliphatic heterocycles. The van der Waals surface area contributed by atoms with Crippen LogP contribution in [0.5, 0.6) is 0 Å². The molecule has 1 aliphatic rings. The van der Waals surface area contributed by atoms with Gasteiger partial charge in [-0.05, 0) is 60.7 Å². The van der Waals surface area contributed by atoms with Gasteiger partial charge in [0.2, 0.25) is 0 Å². The summed E-state index contributed by atoms with van der Waals surface area (Å²) >= 11 is 12.7. The van der Waals surface area contributed by atoms with Crippen molar-refractivity contribution in [3.63, 3.8) is 0 Å². The number of benzene rings is 3. The molecule has 1 aliphatic carbocycles. The number of hydrogen-bond acceptors (Lipinski definition) is 5. The van der Waals surface area contributed by atoms with E-state index < -0.39 is 48.1 Å². The normalized spacial score (nSPS) is 15.2. The first-order valence-corrected chi connectivity index (χ1v) is 13.9. The number of carbonyl (C=O) groups excluding carboxylic acids is 4. The van der Waals surface area contributed by atoms with Crippen LogP contribution in [0.15, 0.2) is 60.7 Å². The van der Waals surface area contributed by atoms with Gasteiger partial charge in [-0.2, -0.15) is 0 Å². The first-order valence-electron chi connectivity index (χ1n) is 13.1. The van der Waals surface area contributed by atoms with Crippen LogP contribution in [-0.2, 0) is 17.8 Å². The smallest absolute Gasteiger partial charge is 0.315 e. The molecule has 4 rings (SSSR count). The Bertz CT molecular complexity index is 1510. The Morgan fingerprint density at radius 1 is 0.976 bits per heavy atom. The largest absolute Gasteiger partial charge is 0.393 e. The zero-order valence-corrected chi connectivity index (χ0v) is 24.1. The van der Waals surface area contributed by atoms with Gasteiger partial charge >= 0.3 is 6.03 Å². The number of urea groups is 1. The number of halogens is 3. The minimum Gasteiger partial charge on any atom is -0.393 e. The topological polar surface area (TPSA) is 137 Å². The molecule has 0 spiro atoms. The zero-order chi connectivity index (χ0) is 30.4. The van der Waals surface area contributed by atoms with E-state index in [0.29, 0.717) is 5.56 Å². The lowest BCUT2D eigenvalue weighted by atomic mass is 9.94. The van der Waals surface area contributed by atoms with E-state index in [-0.39, 0.29) is 33.8 Å². The highest BCUT2D eigenvalue weighted by Crippen LogP contribution is 2.31. The molecule has 4 amide bonds. The number of amides is 4. The van der Waals surface area contributed by atoms with E-state index >= 15 is 0 Å². The van der Waals surface area contributed by atoms with E-state index in [1.807, 2.05) is 24.3 Å². The third-order valence-corrected chi connectivity index (χ3v) is 7.76. The van der Waals surface area contributed by atoms with Crippen molar-refractivity contribution in [3.8, 4) is 0 Å². The number of aliphatic hydroxyl groups excluding tert-OH is 1. The van der Waals surface area contributed by atoms with Crippen molar-refractivity contribution >= 4 is 46.8 Å². The van der Waals surface area contributed by atoms with Crippen molar-refractivity contribution in [2.24, 2.45) is 0 Å². The number of fused-ring (bicyclic) bond motifs is 1. The molecule has 0 fully saturated rings. The molecule has 0 heterocycles. The number of aliphatic hydroxyl groups is 1. The van der Waals surface area contributed by atoms with E-state index in [9.17, 15) is 28.7 Å². The number of hydrogen-bond donors (Lipinski definition) is 5. The number of ketones is 1. The summed E-state index contributed by atoms with van der Waals surface area (Å²) in [5, 5.41) is 20.3. The fourth-order valence-corrected chi connectivity index (χ4v) is 5.40. The molecule has 0 radical (unpaired) electrons. The zero-order valence-electron chi connectivity index (χ0n) is 22.6. The van der Waals surface area contributed by atoms with Crippen molar-refractivity contribution in [1.82, 2.24) is 21.3 Å². The summed E-state index contributed by atoms with van der Waals surface area (Å²) in [5.41, 5.74) is 0.631. The molecular weight excluding hydrogens is 586 g/mol. The fourth-order valence-electron chi connectivity index (χ4n) is 4.74. The van der Waals surface area contributed by atoms with Gasteiger partial charge in [0.25, 0.3) is 11.8 Å². The van der Waals surface area contributed by atoms with Crippen LogP contribution in [0.1, 0.15) is 56.8 Å². The van der Waals surface area contributed by atoms with Crippen LogP contribution >= 0.6 is 23.2 Å². The Hall–Kier alpha value is -3.99. The average molecular weight is 615 g/mol. The lowest BCUT2D eigenvalue weighted by Crippen LogP contribution is -2.63. The Morgan fingerprint density at radius 2 is 1.69 bits per heavy atom. The quantitative estimate of drug-likeness (QED) is 0.234. The lowest BCUT2D eigenvalue weighted by molar-refractivity contribution is -0.124. The highest BCUT2D eigenvalue weighted by Gasteiger charge is 2.38. The van der Waals surface area contributed by atoms with Gasteiger partial charge in [0.15, 0.2) is 5.78 Å². The molecule has 0 bridgehead atoms. The van der Waals surface area contributed by atoms with Crippen molar-refractivity contribution in [2.75, 3.05) is 13.2 Å². The third-order valence-electron chi connectivity index (χ3n) is 7.16. The summed E-state index contributed by atoms with van der Waals surface area (Å²) in [4.78, 5) is 51.2. The second-order valence-corrected chi connectivity index (χ2v) is 10.8. The van der Waals surface area contributed by atoms with Gasteiger partial charge in [-0.3, -0.25) is 14.4 Å². The fraction of sp³-hybridized carbons (Fsp3) is 0.267. The Morgan fingerprint density at radius 3 is 2.36 bits per heavy atom. The number of rotatable bonds is 10. The predicted molar refractivity (Wildman–Crippen MR) is 156 cm³/mol. The third kappa shape index (κ3) is 7.07. The van der Waals surface area contributed by atoms with Gasteiger partial charge in [-0.25, -0.2) is 9.18 Å². The number of aryl methyl sites for hydroxylation is 1. The van der Waals surface area contributed by atoms with Gasteiger partial charge in [0.1, 0.15) is 11.4 Å². The van der Waals surface area contributed by atoms with E-state index in [1.54, 1.807) is 6.07 Å². The molecule has 3 aromatic carbocycles. The van der Waals surface area contributed by atoms with Crippen LogP contribution in [0.2, 0.25) is 10.0 Å². The minimum absolute atomic E-state index is 0.0412. The molecule has 5 N–H and O–H groups in total. The van der Waals surface area contributed by atoms with Gasteiger partial charge in [-0.1, -0.05) is 59.6 Å². The predicted octanol–water partition coefficient (Wildman–Crippen LogP) is 4.10. The highest BCUT2D eigenvalue weighted by atomic mass is 35.5.